The molecular formula is C28H29N3O4. The van der Waals surface area contributed by atoms with Gasteiger partial charge in [0.1, 0.15) is 12.0 Å². The first-order valence-corrected chi connectivity index (χ1v) is 11.6. The minimum atomic E-state index is -1.04. The fourth-order valence-electron chi connectivity index (χ4n) is 4.42. The number of hydrogen-bond acceptors (Lipinski definition) is 4. The topological polar surface area (TPSA) is 90.0 Å². The number of amides is 3. The SMILES string of the molecule is CC(C(=O)NC1C(=O)N(C)c2ccccc2-c2ccccc21)C(=O)N(CCO)Cc1ccccc1. The molecule has 0 radical (unpaired) electrons. The predicted octanol–water partition coefficient (Wildman–Crippen LogP) is 3.14. The van der Waals surface area contributed by atoms with Crippen LogP contribution in [-0.2, 0) is 20.9 Å². The molecule has 4 rings (SSSR count). The van der Waals surface area contributed by atoms with Crippen LogP contribution in [0.1, 0.15) is 24.1 Å². The number of nitrogens with one attached hydrogen (secondary N) is 1. The van der Waals surface area contributed by atoms with Crippen molar-refractivity contribution in [3.63, 3.8) is 0 Å². The Morgan fingerprint density at radius 3 is 2.31 bits per heavy atom. The maximum absolute atomic E-state index is 13.5. The van der Waals surface area contributed by atoms with Gasteiger partial charge in [-0.05, 0) is 29.7 Å². The predicted molar refractivity (Wildman–Crippen MR) is 134 cm³/mol. The van der Waals surface area contributed by atoms with Gasteiger partial charge in [0.05, 0.1) is 12.3 Å². The van der Waals surface area contributed by atoms with Crippen molar-refractivity contribution in [1.29, 1.82) is 0 Å². The number of likely N-dealkylation sites (N-methyl/N-ethyl adjacent to an activating group) is 1. The number of aliphatic hydroxyl groups is 1. The van der Waals surface area contributed by atoms with Gasteiger partial charge in [0.2, 0.25) is 11.8 Å². The number of anilines is 1. The second-order valence-electron chi connectivity index (χ2n) is 8.63. The van der Waals surface area contributed by atoms with E-state index in [0.717, 1.165) is 22.4 Å². The lowest BCUT2D eigenvalue weighted by Gasteiger charge is -2.27. The molecule has 0 saturated heterocycles. The van der Waals surface area contributed by atoms with Crippen molar-refractivity contribution in [2.24, 2.45) is 5.92 Å². The van der Waals surface area contributed by atoms with Crippen molar-refractivity contribution >= 4 is 23.4 Å². The smallest absolute Gasteiger partial charge is 0.253 e. The van der Waals surface area contributed by atoms with Gasteiger partial charge in [0, 0.05) is 25.7 Å². The van der Waals surface area contributed by atoms with Gasteiger partial charge in [-0.15, -0.1) is 0 Å². The highest BCUT2D eigenvalue weighted by atomic mass is 16.3. The maximum Gasteiger partial charge on any atom is 0.253 e. The molecule has 180 valence electrons. The van der Waals surface area contributed by atoms with Gasteiger partial charge in [0.15, 0.2) is 0 Å². The molecule has 3 aromatic carbocycles. The number of carbonyl (C=O) groups is 3. The van der Waals surface area contributed by atoms with Crippen LogP contribution in [-0.4, -0.2) is 47.9 Å². The summed E-state index contributed by atoms with van der Waals surface area (Å²) in [4.78, 5) is 42.9. The van der Waals surface area contributed by atoms with E-state index in [2.05, 4.69) is 5.32 Å². The normalized spacial score (nSPS) is 15.5. The molecule has 0 fully saturated rings. The Morgan fingerprint density at radius 1 is 0.971 bits per heavy atom. The van der Waals surface area contributed by atoms with E-state index in [1.807, 2.05) is 78.9 Å². The molecule has 0 bridgehead atoms. The number of aliphatic hydroxyl groups excluding tert-OH is 1. The largest absolute Gasteiger partial charge is 0.395 e. The third-order valence-corrected chi connectivity index (χ3v) is 6.35. The number of nitrogens with zero attached hydrogens (tertiary/aromatic N) is 2. The van der Waals surface area contributed by atoms with Crippen LogP contribution in [0, 0.1) is 5.92 Å². The molecule has 0 spiro atoms. The van der Waals surface area contributed by atoms with E-state index in [0.29, 0.717) is 5.56 Å². The first-order chi connectivity index (χ1) is 16.9. The zero-order chi connectivity index (χ0) is 24.9. The van der Waals surface area contributed by atoms with Crippen LogP contribution in [0.3, 0.4) is 0 Å². The molecule has 0 aliphatic carbocycles. The van der Waals surface area contributed by atoms with Crippen molar-refractivity contribution in [1.82, 2.24) is 10.2 Å². The van der Waals surface area contributed by atoms with E-state index in [1.165, 1.54) is 11.8 Å². The van der Waals surface area contributed by atoms with Gasteiger partial charge in [-0.2, -0.15) is 0 Å². The molecule has 0 aromatic heterocycles. The minimum absolute atomic E-state index is 0.106. The Bertz CT molecular complexity index is 1230. The molecular weight excluding hydrogens is 442 g/mol. The minimum Gasteiger partial charge on any atom is -0.395 e. The van der Waals surface area contributed by atoms with E-state index in [9.17, 15) is 19.5 Å². The van der Waals surface area contributed by atoms with Crippen LogP contribution < -0.4 is 10.2 Å². The maximum atomic E-state index is 13.5. The average Bonchev–Trinajstić information content (AvgIpc) is 2.98. The number of para-hydroxylation sites is 1. The molecule has 1 aliphatic heterocycles. The van der Waals surface area contributed by atoms with E-state index in [4.69, 9.17) is 0 Å². The van der Waals surface area contributed by atoms with Crippen LogP contribution in [0.2, 0.25) is 0 Å². The van der Waals surface area contributed by atoms with Gasteiger partial charge in [-0.1, -0.05) is 72.8 Å². The molecule has 35 heavy (non-hydrogen) atoms. The highest BCUT2D eigenvalue weighted by Gasteiger charge is 2.35. The molecule has 3 amide bonds. The summed E-state index contributed by atoms with van der Waals surface area (Å²) in [5, 5.41) is 12.3. The first kappa shape index (κ1) is 24.2. The van der Waals surface area contributed by atoms with Crippen LogP contribution in [0.4, 0.5) is 5.69 Å². The number of rotatable bonds is 7. The molecule has 2 unspecified atom stereocenters. The van der Waals surface area contributed by atoms with Crippen molar-refractivity contribution in [2.75, 3.05) is 25.1 Å². The summed E-state index contributed by atoms with van der Waals surface area (Å²) in [5.41, 5.74) is 4.09. The molecule has 7 nitrogen and oxygen atoms in total. The van der Waals surface area contributed by atoms with Crippen molar-refractivity contribution in [3.05, 3.63) is 90.0 Å². The molecule has 7 heteroatoms. The van der Waals surface area contributed by atoms with Crippen LogP contribution >= 0.6 is 0 Å². The molecule has 2 N–H and O–H groups in total. The zero-order valence-corrected chi connectivity index (χ0v) is 19.8. The van der Waals surface area contributed by atoms with E-state index < -0.39 is 23.8 Å². The number of carbonyl (C=O) groups excluding carboxylic acids is 3. The summed E-state index contributed by atoms with van der Waals surface area (Å²) < 4.78 is 0. The second-order valence-corrected chi connectivity index (χ2v) is 8.63. The molecule has 3 aromatic rings. The first-order valence-electron chi connectivity index (χ1n) is 11.6. The highest BCUT2D eigenvalue weighted by Crippen LogP contribution is 2.39. The standard InChI is InChI=1S/C28H29N3O4/c1-19(27(34)31(16-17-32)18-20-10-4-3-5-11-20)26(33)29-25-23-14-7-6-12-21(23)22-13-8-9-15-24(22)30(2)28(25)35/h3-15,19,25,32H,16-18H2,1-2H3,(H,29,33). The molecule has 0 saturated carbocycles. The fourth-order valence-corrected chi connectivity index (χ4v) is 4.42. The molecule has 2 atom stereocenters. The average molecular weight is 472 g/mol. The summed E-state index contributed by atoms with van der Waals surface area (Å²) in [6, 6.07) is 23.5. The van der Waals surface area contributed by atoms with Crippen LogP contribution in [0.25, 0.3) is 11.1 Å². The van der Waals surface area contributed by atoms with Gasteiger partial charge in [-0.25, -0.2) is 0 Å². The second kappa shape index (κ2) is 10.5. The number of benzene rings is 3. The fraction of sp³-hybridized carbons (Fsp3) is 0.250. The lowest BCUT2D eigenvalue weighted by molar-refractivity contribution is -0.143. The summed E-state index contributed by atoms with van der Waals surface area (Å²) in [5.74, 6) is -2.28. The zero-order valence-electron chi connectivity index (χ0n) is 19.8. The Labute approximate surface area is 205 Å². The van der Waals surface area contributed by atoms with Crippen molar-refractivity contribution in [2.45, 2.75) is 19.5 Å². The van der Waals surface area contributed by atoms with E-state index in [-0.39, 0.29) is 25.6 Å². The van der Waals surface area contributed by atoms with Gasteiger partial charge in [0.25, 0.3) is 5.91 Å². The van der Waals surface area contributed by atoms with Crippen molar-refractivity contribution in [3.8, 4) is 11.1 Å². The van der Waals surface area contributed by atoms with Gasteiger partial charge < -0.3 is 20.2 Å². The summed E-state index contributed by atoms with van der Waals surface area (Å²) >= 11 is 0. The molecule has 1 heterocycles. The van der Waals surface area contributed by atoms with Gasteiger partial charge in [-0.3, -0.25) is 14.4 Å². The summed E-state index contributed by atoms with van der Waals surface area (Å²) in [7, 11) is 1.68. The number of fused-ring (bicyclic) bond motifs is 3. The van der Waals surface area contributed by atoms with Crippen LogP contribution in [0.15, 0.2) is 78.9 Å². The Morgan fingerprint density at radius 2 is 1.60 bits per heavy atom. The highest BCUT2D eigenvalue weighted by molar-refractivity contribution is 6.07. The van der Waals surface area contributed by atoms with E-state index >= 15 is 0 Å². The molecule has 1 aliphatic rings. The van der Waals surface area contributed by atoms with Crippen LogP contribution in [0.5, 0.6) is 0 Å². The van der Waals surface area contributed by atoms with Gasteiger partial charge >= 0.3 is 0 Å². The quantitative estimate of drug-likeness (QED) is 0.518. The summed E-state index contributed by atoms with van der Waals surface area (Å²) in [6.07, 6.45) is 0. The lowest BCUT2D eigenvalue weighted by Crippen LogP contribution is -2.47. The number of hydrogen-bond donors (Lipinski definition) is 2. The Kier molecular flexibility index (Phi) is 7.27. The van der Waals surface area contributed by atoms with E-state index in [1.54, 1.807) is 11.9 Å². The third kappa shape index (κ3) is 4.95. The Balaban J connectivity index is 1.58. The third-order valence-electron chi connectivity index (χ3n) is 6.35. The Hall–Kier alpha value is -3.97. The summed E-state index contributed by atoms with van der Waals surface area (Å²) in [6.45, 7) is 1.69. The monoisotopic (exact) mass is 471 g/mol. The lowest BCUT2D eigenvalue weighted by atomic mass is 9.95. The van der Waals surface area contributed by atoms with Crippen molar-refractivity contribution < 1.29 is 19.5 Å².